The van der Waals surface area contributed by atoms with E-state index in [1.807, 2.05) is 24.3 Å². The lowest BCUT2D eigenvalue weighted by atomic mass is 10.0. The molecule has 0 aromatic heterocycles. The fourth-order valence-corrected chi connectivity index (χ4v) is 9.95. The molecule has 4 amide bonds. The second kappa shape index (κ2) is 21.6. The van der Waals surface area contributed by atoms with E-state index in [0.717, 1.165) is 69.3 Å². The van der Waals surface area contributed by atoms with E-state index in [9.17, 15) is 32.3 Å². The molecule has 4 fully saturated rings. The van der Waals surface area contributed by atoms with Crippen LogP contribution in [-0.2, 0) is 38.1 Å². The van der Waals surface area contributed by atoms with Gasteiger partial charge in [-0.25, -0.2) is 9.59 Å². The Morgan fingerprint density at radius 1 is 0.825 bits per heavy atom. The molecule has 346 valence electrons. The smallest absolute Gasteiger partial charge is 0.418 e. The number of amides is 4. The van der Waals surface area contributed by atoms with Crippen molar-refractivity contribution in [3.63, 3.8) is 0 Å². The van der Waals surface area contributed by atoms with Crippen LogP contribution < -0.4 is 11.1 Å². The SMILES string of the molecule is Nc1c(Cl)cc(C[C@@H](OC(=O)N2CCC(N3CCc4ccccc4NC3=O)CC2)C(=O)N2CCN(C3CCN(CCC(=O)OCCCN4CCCCC4)CC3)CC2)cc1C(F)(F)F. The molecule has 5 heterocycles. The Morgan fingerprint density at radius 2 is 1.51 bits per heavy atom. The van der Waals surface area contributed by atoms with E-state index in [0.29, 0.717) is 77.6 Å². The predicted molar refractivity (Wildman–Crippen MR) is 233 cm³/mol. The zero-order valence-corrected chi connectivity index (χ0v) is 36.9. The van der Waals surface area contributed by atoms with Crippen LogP contribution in [0.15, 0.2) is 36.4 Å². The number of nitrogen functional groups attached to an aromatic ring is 1. The largest absolute Gasteiger partial charge is 0.466 e. The van der Waals surface area contributed by atoms with Gasteiger partial charge in [-0.3, -0.25) is 14.5 Å². The standard InChI is InChI=1S/C45H62ClF3N8O6/c46-37-30-32(29-36(41(37)50)45(47,48)49)31-39(63-44(61)56-21-12-35(13-22-56)57-23-9-33-7-2-3-8-38(33)51-43(57)60)42(59)55-26-24-54(25-27-55)34-10-18-53(19-11-34)20-14-40(58)62-28-6-17-52-15-4-1-5-16-52/h2-3,7-8,29-30,34-35,39H,1,4-6,9-28,31,50H2,(H,51,60)/t39-/m1/s1. The molecule has 0 saturated carbocycles. The van der Waals surface area contributed by atoms with E-state index in [1.54, 1.807) is 9.80 Å². The minimum atomic E-state index is -4.79. The topological polar surface area (TPSA) is 144 Å². The summed E-state index contributed by atoms with van der Waals surface area (Å²) in [5.74, 6) is -0.649. The Hall–Kier alpha value is -4.32. The third kappa shape index (κ3) is 12.5. The highest BCUT2D eigenvalue weighted by atomic mass is 35.5. The summed E-state index contributed by atoms with van der Waals surface area (Å²) in [4.78, 5) is 65.6. The van der Waals surface area contributed by atoms with Crippen LogP contribution in [0.1, 0.15) is 74.5 Å². The number of halogens is 4. The molecular formula is C45H62ClF3N8O6. The number of rotatable bonds is 13. The van der Waals surface area contributed by atoms with Gasteiger partial charge in [0.05, 0.1) is 29.3 Å². The molecule has 0 unspecified atom stereocenters. The highest BCUT2D eigenvalue weighted by molar-refractivity contribution is 6.33. The van der Waals surface area contributed by atoms with E-state index >= 15 is 0 Å². The number of ether oxygens (including phenoxy) is 2. The average Bonchev–Trinajstić information content (AvgIpc) is 3.46. The van der Waals surface area contributed by atoms with Gasteiger partial charge in [0.1, 0.15) is 0 Å². The molecule has 2 aromatic rings. The number of hydrogen-bond acceptors (Lipinski definition) is 10. The van der Waals surface area contributed by atoms with Gasteiger partial charge >= 0.3 is 24.3 Å². The highest BCUT2D eigenvalue weighted by Gasteiger charge is 2.38. The number of benzene rings is 2. The second-order valence-corrected chi connectivity index (χ2v) is 17.9. The number of carbonyl (C=O) groups excluding carboxylic acids is 4. The van der Waals surface area contributed by atoms with Crippen LogP contribution in [0, 0.1) is 0 Å². The van der Waals surface area contributed by atoms with Crippen molar-refractivity contribution in [3.8, 4) is 0 Å². The summed E-state index contributed by atoms with van der Waals surface area (Å²) in [6.45, 7) is 9.05. The minimum absolute atomic E-state index is 0.0612. The summed E-state index contributed by atoms with van der Waals surface area (Å²) < 4.78 is 53.3. The molecule has 14 nitrogen and oxygen atoms in total. The van der Waals surface area contributed by atoms with Crippen LogP contribution in [0.5, 0.6) is 0 Å². The first-order valence-electron chi connectivity index (χ1n) is 22.7. The number of fused-ring (bicyclic) bond motifs is 1. The van der Waals surface area contributed by atoms with Crippen LogP contribution in [-0.4, -0.2) is 163 Å². The third-order valence-corrected chi connectivity index (χ3v) is 13.7. The van der Waals surface area contributed by atoms with Gasteiger partial charge < -0.3 is 45.0 Å². The molecule has 5 aliphatic heterocycles. The van der Waals surface area contributed by atoms with Gasteiger partial charge in [0.25, 0.3) is 5.91 Å². The quantitative estimate of drug-likeness (QED) is 0.141. The van der Waals surface area contributed by atoms with E-state index in [2.05, 4.69) is 20.0 Å². The molecular weight excluding hydrogens is 841 g/mol. The maximum absolute atomic E-state index is 14.2. The first-order chi connectivity index (χ1) is 30.3. The Morgan fingerprint density at radius 3 is 2.22 bits per heavy atom. The molecule has 0 bridgehead atoms. The van der Waals surface area contributed by atoms with Crippen LogP contribution >= 0.6 is 11.6 Å². The molecule has 1 atom stereocenters. The lowest BCUT2D eigenvalue weighted by Crippen LogP contribution is -2.56. The number of anilines is 2. The van der Waals surface area contributed by atoms with Gasteiger partial charge in [-0.1, -0.05) is 36.2 Å². The van der Waals surface area contributed by atoms with Crippen molar-refractivity contribution >= 4 is 47.0 Å². The molecule has 7 rings (SSSR count). The number of piperidine rings is 3. The maximum atomic E-state index is 14.2. The molecule has 4 saturated heterocycles. The van der Waals surface area contributed by atoms with Crippen molar-refractivity contribution in [2.75, 3.05) is 103 Å². The Labute approximate surface area is 373 Å². The van der Waals surface area contributed by atoms with Gasteiger partial charge in [-0.15, -0.1) is 0 Å². The fraction of sp³-hybridized carbons (Fsp3) is 0.644. The summed E-state index contributed by atoms with van der Waals surface area (Å²) in [7, 11) is 0. The van der Waals surface area contributed by atoms with Gasteiger partial charge in [-0.2, -0.15) is 13.2 Å². The number of urea groups is 1. The molecule has 2 aromatic carbocycles. The van der Waals surface area contributed by atoms with Crippen molar-refractivity contribution < 1.29 is 41.8 Å². The summed E-state index contributed by atoms with van der Waals surface area (Å²) >= 11 is 6.17. The summed E-state index contributed by atoms with van der Waals surface area (Å²) in [6, 6.07) is 9.82. The van der Waals surface area contributed by atoms with Gasteiger partial charge in [0.2, 0.25) is 0 Å². The van der Waals surface area contributed by atoms with Crippen molar-refractivity contribution in [2.24, 2.45) is 0 Å². The number of nitrogens with zero attached hydrogens (tertiary/aromatic N) is 6. The van der Waals surface area contributed by atoms with Crippen molar-refractivity contribution in [3.05, 3.63) is 58.1 Å². The second-order valence-electron chi connectivity index (χ2n) is 17.5. The van der Waals surface area contributed by atoms with Gasteiger partial charge in [0, 0.05) is 83.1 Å². The van der Waals surface area contributed by atoms with Crippen LogP contribution in [0.3, 0.4) is 0 Å². The number of piperazine rings is 1. The van der Waals surface area contributed by atoms with Crippen molar-refractivity contribution in [1.29, 1.82) is 0 Å². The molecule has 0 spiro atoms. The number of likely N-dealkylation sites (tertiary alicyclic amines) is 3. The Bertz CT molecular complexity index is 1900. The molecule has 18 heteroatoms. The summed E-state index contributed by atoms with van der Waals surface area (Å²) in [5.41, 5.74) is 5.87. The normalized spacial score (nSPS) is 20.8. The van der Waals surface area contributed by atoms with Crippen molar-refractivity contribution in [1.82, 2.24) is 29.4 Å². The van der Waals surface area contributed by atoms with Gasteiger partial charge in [0.15, 0.2) is 6.10 Å². The number of hydrogen-bond donors (Lipinski definition) is 2. The van der Waals surface area contributed by atoms with E-state index in [4.69, 9.17) is 26.8 Å². The number of esters is 1. The van der Waals surface area contributed by atoms with Crippen LogP contribution in [0.25, 0.3) is 0 Å². The Balaban J connectivity index is 0.899. The highest BCUT2D eigenvalue weighted by Crippen LogP contribution is 2.38. The first-order valence-corrected chi connectivity index (χ1v) is 23.1. The molecule has 0 aliphatic carbocycles. The third-order valence-electron chi connectivity index (χ3n) is 13.4. The van der Waals surface area contributed by atoms with E-state index in [1.165, 1.54) is 30.2 Å². The average molecular weight is 903 g/mol. The lowest BCUT2D eigenvalue weighted by molar-refractivity contribution is -0.145. The van der Waals surface area contributed by atoms with E-state index in [-0.39, 0.29) is 48.1 Å². The minimum Gasteiger partial charge on any atom is -0.466 e. The number of carbonyl (C=O) groups is 4. The molecule has 0 radical (unpaired) electrons. The number of para-hydroxylation sites is 1. The number of nitrogens with one attached hydrogen (secondary N) is 1. The van der Waals surface area contributed by atoms with E-state index < -0.39 is 35.5 Å². The Kier molecular flexibility index (Phi) is 16.0. The van der Waals surface area contributed by atoms with Gasteiger partial charge in [-0.05, 0) is 107 Å². The summed E-state index contributed by atoms with van der Waals surface area (Å²) in [6.07, 6.45) is 1.26. The first kappa shape index (κ1) is 46.7. The number of nitrogens with two attached hydrogens (primary N) is 1. The zero-order valence-electron chi connectivity index (χ0n) is 36.1. The van der Waals surface area contributed by atoms with Crippen LogP contribution in [0.4, 0.5) is 34.1 Å². The fourth-order valence-electron chi connectivity index (χ4n) is 9.71. The summed E-state index contributed by atoms with van der Waals surface area (Å²) in [5, 5.41) is 2.69. The van der Waals surface area contributed by atoms with Crippen LogP contribution in [0.2, 0.25) is 5.02 Å². The monoisotopic (exact) mass is 902 g/mol. The van der Waals surface area contributed by atoms with Crippen molar-refractivity contribution in [2.45, 2.75) is 95.0 Å². The zero-order chi connectivity index (χ0) is 44.5. The maximum Gasteiger partial charge on any atom is 0.418 e. The molecule has 3 N–H and O–H groups in total. The molecule has 63 heavy (non-hydrogen) atoms. The predicted octanol–water partition coefficient (Wildman–Crippen LogP) is 5.96. The lowest BCUT2D eigenvalue weighted by Gasteiger charge is -2.43. The number of alkyl halides is 3. The molecule has 5 aliphatic rings.